The summed E-state index contributed by atoms with van der Waals surface area (Å²) in [5.74, 6) is 0.732. The Morgan fingerprint density at radius 1 is 1.13 bits per heavy atom. The molecule has 6 heteroatoms. The Balaban J connectivity index is 2.74. The summed E-state index contributed by atoms with van der Waals surface area (Å²) in [6, 6.07) is 5.39. The van der Waals surface area contributed by atoms with E-state index >= 15 is 0 Å². The van der Waals surface area contributed by atoms with Gasteiger partial charge in [-0.2, -0.15) is 0 Å². The smallest absolute Gasteiger partial charge is 0.307 e. The summed E-state index contributed by atoms with van der Waals surface area (Å²) in [6.07, 6.45) is 3.35. The van der Waals surface area contributed by atoms with Gasteiger partial charge in [0.25, 0.3) is 0 Å². The van der Waals surface area contributed by atoms with Crippen molar-refractivity contribution >= 4 is 18.0 Å². The maximum atomic E-state index is 12.2. The van der Waals surface area contributed by atoms with Crippen molar-refractivity contribution in [2.24, 2.45) is 0 Å². The van der Waals surface area contributed by atoms with Gasteiger partial charge in [-0.25, -0.2) is 0 Å². The van der Waals surface area contributed by atoms with Gasteiger partial charge in [-0.05, 0) is 30.7 Å². The van der Waals surface area contributed by atoms with Crippen LogP contribution in [-0.2, 0) is 14.3 Å². The van der Waals surface area contributed by atoms with Gasteiger partial charge in [-0.3, -0.25) is 9.59 Å². The maximum absolute atomic E-state index is 12.2. The zero-order valence-electron chi connectivity index (χ0n) is 14.0. The molecule has 1 amide bonds. The lowest BCUT2D eigenvalue weighted by Gasteiger charge is -2.18. The van der Waals surface area contributed by atoms with Crippen LogP contribution in [0.4, 0.5) is 0 Å². The summed E-state index contributed by atoms with van der Waals surface area (Å²) in [7, 11) is 4.46. The first-order valence-electron chi connectivity index (χ1n) is 7.31. The molecule has 0 unspecified atom stereocenters. The zero-order valence-corrected chi connectivity index (χ0v) is 14.0. The van der Waals surface area contributed by atoms with Gasteiger partial charge >= 0.3 is 5.97 Å². The average molecular weight is 321 g/mol. The fraction of sp³-hybridized carbons (Fsp3) is 0.412. The van der Waals surface area contributed by atoms with Crippen LogP contribution < -0.4 is 9.47 Å². The molecule has 1 aromatic carbocycles. The van der Waals surface area contributed by atoms with E-state index in [1.807, 2.05) is 13.0 Å². The summed E-state index contributed by atoms with van der Waals surface area (Å²) in [6.45, 7) is 2.71. The molecule has 0 spiro atoms. The van der Waals surface area contributed by atoms with Gasteiger partial charge in [-0.1, -0.05) is 6.07 Å². The number of benzene rings is 1. The number of rotatable bonds is 8. The second-order valence-corrected chi connectivity index (χ2v) is 4.69. The highest BCUT2D eigenvalue weighted by Crippen LogP contribution is 2.27. The van der Waals surface area contributed by atoms with E-state index in [-0.39, 0.29) is 18.3 Å². The summed E-state index contributed by atoms with van der Waals surface area (Å²) >= 11 is 0. The van der Waals surface area contributed by atoms with Crippen molar-refractivity contribution in [3.63, 3.8) is 0 Å². The molecule has 0 aliphatic carbocycles. The van der Waals surface area contributed by atoms with Crippen molar-refractivity contribution in [2.45, 2.75) is 13.3 Å². The molecule has 0 N–H and O–H groups in total. The van der Waals surface area contributed by atoms with Crippen molar-refractivity contribution in [1.82, 2.24) is 4.90 Å². The first-order valence-corrected chi connectivity index (χ1v) is 7.31. The van der Waals surface area contributed by atoms with Crippen LogP contribution in [0.25, 0.3) is 6.08 Å². The molecule has 0 aliphatic rings. The van der Waals surface area contributed by atoms with E-state index < -0.39 is 0 Å². The summed E-state index contributed by atoms with van der Waals surface area (Å²) in [4.78, 5) is 24.9. The van der Waals surface area contributed by atoms with Crippen molar-refractivity contribution < 1.29 is 23.8 Å². The quantitative estimate of drug-likeness (QED) is 0.542. The summed E-state index contributed by atoms with van der Waals surface area (Å²) < 4.78 is 15.0. The number of hydrogen-bond donors (Lipinski definition) is 0. The Hall–Kier alpha value is -2.50. The minimum atomic E-state index is -0.333. The number of hydrogen-bond acceptors (Lipinski definition) is 5. The summed E-state index contributed by atoms with van der Waals surface area (Å²) in [5, 5.41) is 0. The Labute approximate surface area is 136 Å². The molecule has 1 aromatic rings. The number of ether oxygens (including phenoxy) is 3. The molecular weight excluding hydrogens is 298 g/mol. The van der Waals surface area contributed by atoms with Crippen molar-refractivity contribution in [2.75, 3.05) is 34.4 Å². The molecule has 126 valence electrons. The van der Waals surface area contributed by atoms with E-state index in [4.69, 9.17) is 9.47 Å². The molecule has 0 aliphatic heterocycles. The van der Waals surface area contributed by atoms with E-state index in [1.54, 1.807) is 37.3 Å². The molecular formula is C17H23NO5. The van der Waals surface area contributed by atoms with Gasteiger partial charge in [0.05, 0.1) is 27.8 Å². The van der Waals surface area contributed by atoms with Gasteiger partial charge in [0, 0.05) is 19.2 Å². The first-order chi connectivity index (χ1) is 11.0. The van der Waals surface area contributed by atoms with Crippen LogP contribution in [0.1, 0.15) is 18.9 Å². The van der Waals surface area contributed by atoms with E-state index in [2.05, 4.69) is 4.74 Å². The lowest BCUT2D eigenvalue weighted by Crippen LogP contribution is -2.31. The van der Waals surface area contributed by atoms with Crippen molar-refractivity contribution in [3.8, 4) is 11.5 Å². The highest BCUT2D eigenvalue weighted by molar-refractivity contribution is 5.92. The fourth-order valence-corrected chi connectivity index (χ4v) is 1.98. The number of nitrogens with zero attached hydrogens (tertiary/aromatic N) is 1. The molecule has 0 heterocycles. The standard InChI is InChI=1S/C17H23NO5/c1-5-18(11-10-17(20)23-4)16(19)9-7-13-6-8-14(21-2)15(12-13)22-3/h6-9,12H,5,10-11H2,1-4H3/b9-7+. The third-order valence-corrected chi connectivity index (χ3v) is 3.33. The molecule has 0 radical (unpaired) electrons. The summed E-state index contributed by atoms with van der Waals surface area (Å²) in [5.41, 5.74) is 0.819. The monoisotopic (exact) mass is 321 g/mol. The van der Waals surface area contributed by atoms with Crippen LogP contribution >= 0.6 is 0 Å². The number of amides is 1. The predicted octanol–water partition coefficient (Wildman–Crippen LogP) is 2.13. The number of carbonyl (C=O) groups excluding carboxylic acids is 2. The van der Waals surface area contributed by atoms with E-state index in [0.29, 0.717) is 24.6 Å². The van der Waals surface area contributed by atoms with Gasteiger partial charge in [0.1, 0.15) is 0 Å². The molecule has 23 heavy (non-hydrogen) atoms. The molecule has 0 fully saturated rings. The lowest BCUT2D eigenvalue weighted by molar-refractivity contribution is -0.141. The molecule has 0 saturated carbocycles. The van der Waals surface area contributed by atoms with Crippen LogP contribution in [-0.4, -0.2) is 51.2 Å². The second kappa shape index (κ2) is 9.50. The van der Waals surface area contributed by atoms with Crippen LogP contribution in [0.5, 0.6) is 11.5 Å². The van der Waals surface area contributed by atoms with Crippen LogP contribution in [0.3, 0.4) is 0 Å². The third kappa shape index (κ3) is 5.65. The molecule has 0 atom stereocenters. The Morgan fingerprint density at radius 3 is 2.39 bits per heavy atom. The van der Waals surface area contributed by atoms with E-state index in [9.17, 15) is 9.59 Å². The number of carbonyl (C=O) groups is 2. The fourth-order valence-electron chi connectivity index (χ4n) is 1.98. The Morgan fingerprint density at radius 2 is 1.83 bits per heavy atom. The number of esters is 1. The van der Waals surface area contributed by atoms with Gasteiger partial charge in [-0.15, -0.1) is 0 Å². The largest absolute Gasteiger partial charge is 0.493 e. The molecule has 1 rings (SSSR count). The van der Waals surface area contributed by atoms with E-state index in [1.165, 1.54) is 13.2 Å². The average Bonchev–Trinajstić information content (AvgIpc) is 2.59. The van der Waals surface area contributed by atoms with Crippen molar-refractivity contribution in [1.29, 1.82) is 0 Å². The highest BCUT2D eigenvalue weighted by atomic mass is 16.5. The normalized spacial score (nSPS) is 10.4. The minimum Gasteiger partial charge on any atom is -0.493 e. The second-order valence-electron chi connectivity index (χ2n) is 4.69. The molecule has 0 bridgehead atoms. The zero-order chi connectivity index (χ0) is 17.2. The lowest BCUT2D eigenvalue weighted by atomic mass is 10.2. The Bertz CT molecular complexity index is 568. The Kier molecular flexibility index (Phi) is 7.66. The van der Waals surface area contributed by atoms with Gasteiger partial charge < -0.3 is 19.1 Å². The van der Waals surface area contributed by atoms with Gasteiger partial charge in [0.15, 0.2) is 11.5 Å². The van der Waals surface area contributed by atoms with Crippen LogP contribution in [0, 0.1) is 0 Å². The first kappa shape index (κ1) is 18.5. The molecule has 6 nitrogen and oxygen atoms in total. The van der Waals surface area contributed by atoms with Gasteiger partial charge in [0.2, 0.25) is 5.91 Å². The van der Waals surface area contributed by atoms with Crippen LogP contribution in [0.15, 0.2) is 24.3 Å². The predicted molar refractivity (Wildman–Crippen MR) is 87.5 cm³/mol. The van der Waals surface area contributed by atoms with E-state index in [0.717, 1.165) is 5.56 Å². The number of likely N-dealkylation sites (N-methyl/N-ethyl adjacent to an activating group) is 1. The van der Waals surface area contributed by atoms with Crippen molar-refractivity contribution in [3.05, 3.63) is 29.8 Å². The minimum absolute atomic E-state index is 0.161. The topological polar surface area (TPSA) is 65.1 Å². The van der Waals surface area contributed by atoms with Crippen LogP contribution in [0.2, 0.25) is 0 Å². The SMILES string of the molecule is CCN(CCC(=O)OC)C(=O)/C=C/c1ccc(OC)c(OC)c1. The highest BCUT2D eigenvalue weighted by Gasteiger charge is 2.11. The number of methoxy groups -OCH3 is 3. The third-order valence-electron chi connectivity index (χ3n) is 3.33. The maximum Gasteiger partial charge on any atom is 0.307 e. The molecule has 0 aromatic heterocycles. The molecule has 0 saturated heterocycles.